The van der Waals surface area contributed by atoms with Crippen molar-refractivity contribution in [1.82, 2.24) is 24.4 Å². The van der Waals surface area contributed by atoms with E-state index in [4.69, 9.17) is 9.72 Å². The first-order chi connectivity index (χ1) is 15.6. The maximum atomic E-state index is 12.6. The fraction of sp³-hybridized carbons (Fsp3) is 0.625. The Hall–Kier alpha value is -2.79. The molecule has 2 aliphatic heterocycles. The van der Waals surface area contributed by atoms with E-state index in [0.29, 0.717) is 25.0 Å². The van der Waals surface area contributed by atoms with Gasteiger partial charge in [-0.1, -0.05) is 5.92 Å². The van der Waals surface area contributed by atoms with Crippen molar-refractivity contribution in [3.05, 3.63) is 23.5 Å². The zero-order valence-electron chi connectivity index (χ0n) is 19.0. The monoisotopic (exact) mass is 436 g/mol. The summed E-state index contributed by atoms with van der Waals surface area (Å²) in [4.78, 5) is 21.5. The van der Waals surface area contributed by atoms with Crippen molar-refractivity contribution < 1.29 is 9.53 Å². The van der Waals surface area contributed by atoms with Crippen LogP contribution in [0.2, 0.25) is 0 Å². The molecule has 1 unspecified atom stereocenters. The standard InChI is InChI=1S/C24H32N6O2/c1-3-4-10-28-11-9-20(16-28)32-24(31)29-12-7-19(8-13-29)27-22-14-17(2)26-23-21(18-5-6-18)15-25-30(22)23/h14-15,18-20,27H,5-13,16H2,1-2H3. The quantitative estimate of drug-likeness (QED) is 0.727. The summed E-state index contributed by atoms with van der Waals surface area (Å²) in [5, 5.41) is 8.26. The molecule has 170 valence electrons. The SMILES string of the molecule is CC#CCN1CCC(OC(=O)N2CCC(Nc3cc(C)nc4c(C5CC5)cnn34)CC2)C1. The molecule has 0 bridgehead atoms. The predicted octanol–water partition coefficient (Wildman–Crippen LogP) is 3.03. The molecule has 3 fully saturated rings. The number of ether oxygens (including phenoxy) is 1. The van der Waals surface area contributed by atoms with Gasteiger partial charge in [-0.15, -0.1) is 5.92 Å². The Bertz CT molecular complexity index is 1040. The lowest BCUT2D eigenvalue weighted by molar-refractivity contribution is 0.0603. The zero-order chi connectivity index (χ0) is 22.1. The first-order valence-corrected chi connectivity index (χ1v) is 11.8. The number of likely N-dealkylation sites (tertiary alicyclic amines) is 2. The summed E-state index contributed by atoms with van der Waals surface area (Å²) in [6, 6.07) is 2.36. The Labute approximate surface area is 189 Å². The van der Waals surface area contributed by atoms with Crippen molar-refractivity contribution in [2.45, 2.75) is 64.0 Å². The number of anilines is 1. The summed E-state index contributed by atoms with van der Waals surface area (Å²) in [5.41, 5.74) is 3.24. The lowest BCUT2D eigenvalue weighted by atomic mass is 10.1. The molecule has 1 aliphatic carbocycles. The number of aromatic nitrogens is 3. The molecule has 1 amide bonds. The van der Waals surface area contributed by atoms with Crippen LogP contribution in [-0.2, 0) is 4.74 Å². The normalized spacial score (nSPS) is 22.1. The summed E-state index contributed by atoms with van der Waals surface area (Å²) >= 11 is 0. The summed E-state index contributed by atoms with van der Waals surface area (Å²) in [7, 11) is 0. The van der Waals surface area contributed by atoms with Crippen LogP contribution in [0, 0.1) is 18.8 Å². The molecule has 4 heterocycles. The number of hydrogen-bond acceptors (Lipinski definition) is 6. The molecule has 32 heavy (non-hydrogen) atoms. The number of hydrogen-bond donors (Lipinski definition) is 1. The highest BCUT2D eigenvalue weighted by molar-refractivity contribution is 5.68. The second kappa shape index (κ2) is 8.99. The molecule has 1 N–H and O–H groups in total. The molecule has 2 aromatic heterocycles. The number of piperidine rings is 1. The van der Waals surface area contributed by atoms with Crippen LogP contribution in [0.25, 0.3) is 5.65 Å². The van der Waals surface area contributed by atoms with E-state index in [2.05, 4.69) is 33.2 Å². The molecule has 0 radical (unpaired) electrons. The second-order valence-corrected chi connectivity index (χ2v) is 9.25. The highest BCUT2D eigenvalue weighted by atomic mass is 16.6. The summed E-state index contributed by atoms with van der Waals surface area (Å²) in [6.07, 6.45) is 6.90. The summed E-state index contributed by atoms with van der Waals surface area (Å²) < 4.78 is 7.71. The Morgan fingerprint density at radius 3 is 2.78 bits per heavy atom. The van der Waals surface area contributed by atoms with Crippen molar-refractivity contribution in [1.29, 1.82) is 0 Å². The van der Waals surface area contributed by atoms with Crippen LogP contribution in [0.1, 0.15) is 56.2 Å². The van der Waals surface area contributed by atoms with Gasteiger partial charge in [-0.05, 0) is 51.9 Å². The number of aryl methyl sites for hydroxylation is 1. The van der Waals surface area contributed by atoms with E-state index in [-0.39, 0.29) is 12.2 Å². The van der Waals surface area contributed by atoms with E-state index in [9.17, 15) is 4.79 Å². The fourth-order valence-electron chi connectivity index (χ4n) is 4.75. The number of nitrogens with one attached hydrogen (secondary N) is 1. The van der Waals surface area contributed by atoms with E-state index < -0.39 is 0 Å². The van der Waals surface area contributed by atoms with E-state index >= 15 is 0 Å². The van der Waals surface area contributed by atoms with Crippen LogP contribution in [0.3, 0.4) is 0 Å². The summed E-state index contributed by atoms with van der Waals surface area (Å²) in [5.74, 6) is 7.62. The minimum Gasteiger partial charge on any atom is -0.445 e. The van der Waals surface area contributed by atoms with Gasteiger partial charge in [0, 0.05) is 49.5 Å². The van der Waals surface area contributed by atoms with Gasteiger partial charge in [-0.2, -0.15) is 9.61 Å². The molecular formula is C24H32N6O2. The number of carbonyl (C=O) groups is 1. The molecule has 2 saturated heterocycles. The smallest absolute Gasteiger partial charge is 0.410 e. The van der Waals surface area contributed by atoms with Crippen LogP contribution < -0.4 is 5.32 Å². The number of rotatable bonds is 5. The predicted molar refractivity (Wildman–Crippen MR) is 123 cm³/mol. The lowest BCUT2D eigenvalue weighted by Gasteiger charge is -2.33. The van der Waals surface area contributed by atoms with Gasteiger partial charge in [0.25, 0.3) is 0 Å². The second-order valence-electron chi connectivity index (χ2n) is 9.25. The van der Waals surface area contributed by atoms with Gasteiger partial charge in [-0.25, -0.2) is 9.78 Å². The van der Waals surface area contributed by atoms with Gasteiger partial charge in [0.1, 0.15) is 11.9 Å². The van der Waals surface area contributed by atoms with Crippen molar-refractivity contribution >= 4 is 17.6 Å². The third-order valence-electron chi connectivity index (χ3n) is 6.73. The average molecular weight is 437 g/mol. The van der Waals surface area contributed by atoms with Crippen molar-refractivity contribution in [2.75, 3.05) is 38.0 Å². The molecule has 1 atom stereocenters. The Kier molecular flexibility index (Phi) is 5.92. The van der Waals surface area contributed by atoms with Gasteiger partial charge in [0.05, 0.1) is 12.7 Å². The van der Waals surface area contributed by atoms with Gasteiger partial charge >= 0.3 is 6.09 Å². The van der Waals surface area contributed by atoms with E-state index in [0.717, 1.165) is 56.1 Å². The van der Waals surface area contributed by atoms with Crippen LogP contribution in [0.5, 0.6) is 0 Å². The average Bonchev–Trinajstić information content (AvgIpc) is 3.38. The number of amides is 1. The summed E-state index contributed by atoms with van der Waals surface area (Å²) in [6.45, 7) is 7.76. The Balaban J connectivity index is 1.14. The first kappa shape index (κ1) is 21.1. The minimum atomic E-state index is -0.180. The minimum absolute atomic E-state index is 0.0226. The maximum Gasteiger partial charge on any atom is 0.410 e. The molecule has 0 aromatic carbocycles. The number of carbonyl (C=O) groups excluding carboxylic acids is 1. The molecular weight excluding hydrogens is 404 g/mol. The Morgan fingerprint density at radius 1 is 1.22 bits per heavy atom. The Morgan fingerprint density at radius 2 is 2.03 bits per heavy atom. The highest BCUT2D eigenvalue weighted by Gasteiger charge is 2.30. The van der Waals surface area contributed by atoms with E-state index in [1.165, 1.54) is 18.4 Å². The van der Waals surface area contributed by atoms with E-state index in [1.54, 1.807) is 0 Å². The van der Waals surface area contributed by atoms with Crippen LogP contribution in [0.4, 0.5) is 10.6 Å². The molecule has 3 aliphatic rings. The molecule has 2 aromatic rings. The van der Waals surface area contributed by atoms with E-state index in [1.807, 2.05) is 29.5 Å². The molecule has 0 spiro atoms. The van der Waals surface area contributed by atoms with Gasteiger partial charge < -0.3 is 15.0 Å². The maximum absolute atomic E-state index is 12.6. The van der Waals surface area contributed by atoms with Crippen molar-refractivity contribution in [3.8, 4) is 11.8 Å². The van der Waals surface area contributed by atoms with Crippen LogP contribution >= 0.6 is 0 Å². The van der Waals surface area contributed by atoms with Crippen LogP contribution in [-0.4, -0.2) is 75.4 Å². The van der Waals surface area contributed by atoms with Gasteiger partial charge in [0.2, 0.25) is 0 Å². The molecule has 8 heteroatoms. The number of nitrogens with zero attached hydrogens (tertiary/aromatic N) is 5. The van der Waals surface area contributed by atoms with Crippen LogP contribution in [0.15, 0.2) is 12.3 Å². The molecule has 5 rings (SSSR count). The fourth-order valence-corrected chi connectivity index (χ4v) is 4.75. The lowest BCUT2D eigenvalue weighted by Crippen LogP contribution is -2.44. The number of fused-ring (bicyclic) bond motifs is 1. The third-order valence-corrected chi connectivity index (χ3v) is 6.73. The van der Waals surface area contributed by atoms with Gasteiger partial charge in [0.15, 0.2) is 5.65 Å². The topological polar surface area (TPSA) is 75.0 Å². The first-order valence-electron chi connectivity index (χ1n) is 11.8. The van der Waals surface area contributed by atoms with Crippen molar-refractivity contribution in [2.24, 2.45) is 0 Å². The zero-order valence-corrected chi connectivity index (χ0v) is 19.0. The third kappa shape index (κ3) is 4.53. The van der Waals surface area contributed by atoms with Crippen molar-refractivity contribution in [3.63, 3.8) is 0 Å². The highest BCUT2D eigenvalue weighted by Crippen LogP contribution is 2.41. The van der Waals surface area contributed by atoms with Gasteiger partial charge in [-0.3, -0.25) is 4.90 Å². The molecule has 1 saturated carbocycles. The molecule has 8 nitrogen and oxygen atoms in total. The largest absolute Gasteiger partial charge is 0.445 e.